The van der Waals surface area contributed by atoms with Crippen molar-refractivity contribution >= 4 is 34.9 Å². The van der Waals surface area contributed by atoms with E-state index in [9.17, 15) is 19.7 Å². The van der Waals surface area contributed by atoms with Crippen LogP contribution in [0.15, 0.2) is 36.4 Å². The number of anilines is 1. The van der Waals surface area contributed by atoms with Crippen molar-refractivity contribution in [3.8, 4) is 0 Å². The molecule has 0 saturated heterocycles. The molecular formula is C15H11ClN2O5. The molecule has 0 unspecified atom stereocenters. The van der Waals surface area contributed by atoms with Crippen LogP contribution in [0.25, 0.3) is 0 Å². The van der Waals surface area contributed by atoms with E-state index >= 15 is 0 Å². The Bertz CT molecular complexity index is 787. The number of benzene rings is 2. The fourth-order valence-electron chi connectivity index (χ4n) is 2.04. The summed E-state index contributed by atoms with van der Waals surface area (Å²) in [6.07, 6.45) is 0. The predicted octanol–water partition coefficient (Wildman–Crippen LogP) is 3.51. The topological polar surface area (TPSA) is 110 Å². The zero-order valence-electron chi connectivity index (χ0n) is 11.9. The number of nitro groups is 1. The maximum Gasteiger partial charge on any atom is 0.336 e. The van der Waals surface area contributed by atoms with Gasteiger partial charge in [-0.2, -0.15) is 0 Å². The number of carboxylic acid groups (broad SMARTS) is 1. The molecule has 0 radical (unpaired) electrons. The smallest absolute Gasteiger partial charge is 0.336 e. The van der Waals surface area contributed by atoms with Gasteiger partial charge in [-0.15, -0.1) is 0 Å². The second-order valence-corrected chi connectivity index (χ2v) is 5.04. The van der Waals surface area contributed by atoms with Crippen LogP contribution in [0.5, 0.6) is 0 Å². The molecule has 0 aliphatic carbocycles. The summed E-state index contributed by atoms with van der Waals surface area (Å²) >= 11 is 5.95. The van der Waals surface area contributed by atoms with E-state index in [0.29, 0.717) is 16.3 Å². The molecule has 0 atom stereocenters. The first kappa shape index (κ1) is 16.4. The number of aromatic carboxylic acids is 1. The minimum atomic E-state index is -1.43. The summed E-state index contributed by atoms with van der Waals surface area (Å²) in [6.45, 7) is 1.66. The Morgan fingerprint density at radius 3 is 2.48 bits per heavy atom. The number of hydrogen-bond donors (Lipinski definition) is 2. The monoisotopic (exact) mass is 334 g/mol. The van der Waals surface area contributed by atoms with E-state index in [1.165, 1.54) is 6.07 Å². The highest BCUT2D eigenvalue weighted by Gasteiger charge is 2.27. The molecule has 2 rings (SSSR count). The Hall–Kier alpha value is -2.93. The highest BCUT2D eigenvalue weighted by Crippen LogP contribution is 2.27. The van der Waals surface area contributed by atoms with Crippen molar-refractivity contribution in [2.45, 2.75) is 6.92 Å². The van der Waals surface area contributed by atoms with Crippen molar-refractivity contribution < 1.29 is 19.6 Å². The van der Waals surface area contributed by atoms with Crippen LogP contribution in [0.4, 0.5) is 11.4 Å². The SMILES string of the molecule is Cc1c(Cl)cccc1NC(=O)c1c(C(=O)O)cccc1[N+](=O)[O-]. The van der Waals surface area contributed by atoms with Gasteiger partial charge >= 0.3 is 5.97 Å². The number of hydrogen-bond acceptors (Lipinski definition) is 4. The maximum absolute atomic E-state index is 12.4. The van der Waals surface area contributed by atoms with Gasteiger partial charge in [-0.1, -0.05) is 23.7 Å². The molecule has 0 aliphatic heterocycles. The third-order valence-corrected chi connectivity index (χ3v) is 3.62. The lowest BCUT2D eigenvalue weighted by Gasteiger charge is -2.11. The first-order valence-corrected chi connectivity index (χ1v) is 6.78. The van der Waals surface area contributed by atoms with E-state index in [2.05, 4.69) is 5.32 Å². The molecule has 0 aliphatic rings. The number of carboxylic acids is 1. The van der Waals surface area contributed by atoms with E-state index in [-0.39, 0.29) is 0 Å². The maximum atomic E-state index is 12.4. The van der Waals surface area contributed by atoms with Crippen LogP contribution in [-0.4, -0.2) is 21.9 Å². The number of nitrogens with one attached hydrogen (secondary N) is 1. The van der Waals surface area contributed by atoms with Crippen LogP contribution < -0.4 is 5.32 Å². The number of rotatable bonds is 4. The molecule has 2 aromatic carbocycles. The molecule has 2 aromatic rings. The Balaban J connectivity index is 2.52. The van der Waals surface area contributed by atoms with Crippen LogP contribution in [0.2, 0.25) is 5.02 Å². The minimum absolute atomic E-state index is 0.344. The Labute approximate surface area is 135 Å². The lowest BCUT2D eigenvalue weighted by Crippen LogP contribution is -2.19. The van der Waals surface area contributed by atoms with E-state index in [4.69, 9.17) is 16.7 Å². The number of nitro benzene ring substituents is 1. The summed E-state index contributed by atoms with van der Waals surface area (Å²) in [4.78, 5) is 33.9. The van der Waals surface area contributed by atoms with Crippen molar-refractivity contribution in [3.05, 3.63) is 68.2 Å². The van der Waals surface area contributed by atoms with E-state index < -0.39 is 33.6 Å². The van der Waals surface area contributed by atoms with Gasteiger partial charge in [0, 0.05) is 16.8 Å². The standard InChI is InChI=1S/C15H11ClN2O5/c1-8-10(16)5-3-6-11(8)17-14(19)13-9(15(20)21)4-2-7-12(13)18(22)23/h2-7H,1H3,(H,17,19)(H,20,21). The van der Waals surface area contributed by atoms with Gasteiger partial charge in [0.2, 0.25) is 0 Å². The molecule has 2 N–H and O–H groups in total. The van der Waals surface area contributed by atoms with E-state index in [1.807, 2.05) is 0 Å². The molecular weight excluding hydrogens is 324 g/mol. The fraction of sp³-hybridized carbons (Fsp3) is 0.0667. The van der Waals surface area contributed by atoms with Crippen LogP contribution in [-0.2, 0) is 0 Å². The van der Waals surface area contributed by atoms with Gasteiger partial charge in [0.1, 0.15) is 5.56 Å². The number of carbonyl (C=O) groups is 2. The second kappa shape index (κ2) is 6.45. The zero-order valence-corrected chi connectivity index (χ0v) is 12.6. The zero-order chi connectivity index (χ0) is 17.1. The van der Waals surface area contributed by atoms with Gasteiger partial charge in [-0.25, -0.2) is 4.79 Å². The predicted molar refractivity (Wildman–Crippen MR) is 84.2 cm³/mol. The number of amides is 1. The number of nitrogens with zero attached hydrogens (tertiary/aromatic N) is 1. The molecule has 0 saturated carbocycles. The highest BCUT2D eigenvalue weighted by molar-refractivity contribution is 6.31. The van der Waals surface area contributed by atoms with Crippen molar-refractivity contribution in [1.29, 1.82) is 0 Å². The summed E-state index contributed by atoms with van der Waals surface area (Å²) in [7, 11) is 0. The van der Waals surface area contributed by atoms with Crippen LogP contribution >= 0.6 is 11.6 Å². The first-order valence-electron chi connectivity index (χ1n) is 6.40. The normalized spacial score (nSPS) is 10.2. The van der Waals surface area contributed by atoms with E-state index in [1.54, 1.807) is 25.1 Å². The summed E-state index contributed by atoms with van der Waals surface area (Å²) in [5.74, 6) is -2.32. The fourth-order valence-corrected chi connectivity index (χ4v) is 2.21. The van der Waals surface area contributed by atoms with Gasteiger partial charge in [-0.3, -0.25) is 14.9 Å². The summed E-state index contributed by atoms with van der Waals surface area (Å²) in [6, 6.07) is 8.21. The van der Waals surface area contributed by atoms with Gasteiger partial charge in [-0.05, 0) is 30.7 Å². The average molecular weight is 335 g/mol. The largest absolute Gasteiger partial charge is 0.478 e. The molecule has 0 fully saturated rings. The highest BCUT2D eigenvalue weighted by atomic mass is 35.5. The molecule has 8 heteroatoms. The third-order valence-electron chi connectivity index (χ3n) is 3.21. The molecule has 23 heavy (non-hydrogen) atoms. The molecule has 0 bridgehead atoms. The molecule has 0 spiro atoms. The van der Waals surface area contributed by atoms with E-state index in [0.717, 1.165) is 12.1 Å². The average Bonchev–Trinajstić information content (AvgIpc) is 2.50. The third kappa shape index (κ3) is 3.29. The molecule has 0 aromatic heterocycles. The second-order valence-electron chi connectivity index (χ2n) is 4.63. The minimum Gasteiger partial charge on any atom is -0.478 e. The summed E-state index contributed by atoms with van der Waals surface area (Å²) < 4.78 is 0. The van der Waals surface area contributed by atoms with Crippen LogP contribution in [0, 0.1) is 17.0 Å². The molecule has 118 valence electrons. The van der Waals surface area contributed by atoms with Gasteiger partial charge < -0.3 is 10.4 Å². The van der Waals surface area contributed by atoms with Gasteiger partial charge in [0.05, 0.1) is 10.5 Å². The Morgan fingerprint density at radius 2 is 1.87 bits per heavy atom. The lowest BCUT2D eigenvalue weighted by molar-refractivity contribution is -0.385. The number of halogens is 1. The molecule has 1 amide bonds. The molecule has 7 nitrogen and oxygen atoms in total. The van der Waals surface area contributed by atoms with Crippen molar-refractivity contribution in [2.24, 2.45) is 0 Å². The van der Waals surface area contributed by atoms with Crippen LogP contribution in [0.3, 0.4) is 0 Å². The lowest BCUT2D eigenvalue weighted by atomic mass is 10.0. The van der Waals surface area contributed by atoms with Crippen molar-refractivity contribution in [2.75, 3.05) is 5.32 Å². The van der Waals surface area contributed by atoms with Gasteiger partial charge in [0.25, 0.3) is 11.6 Å². The van der Waals surface area contributed by atoms with Crippen molar-refractivity contribution in [3.63, 3.8) is 0 Å². The quantitative estimate of drug-likeness (QED) is 0.656. The first-order chi connectivity index (χ1) is 10.8. The number of carbonyl (C=O) groups excluding carboxylic acids is 1. The summed E-state index contributed by atoms with van der Waals surface area (Å²) in [5, 5.41) is 23.1. The Kier molecular flexibility index (Phi) is 4.61. The molecule has 0 heterocycles. The van der Waals surface area contributed by atoms with Crippen LogP contribution in [0.1, 0.15) is 26.3 Å². The summed E-state index contributed by atoms with van der Waals surface area (Å²) in [5.41, 5.74) is -0.627. The van der Waals surface area contributed by atoms with Gasteiger partial charge in [0.15, 0.2) is 0 Å². The van der Waals surface area contributed by atoms with Crippen molar-refractivity contribution in [1.82, 2.24) is 0 Å². The Morgan fingerprint density at radius 1 is 1.22 bits per heavy atom.